The van der Waals surface area contributed by atoms with E-state index < -0.39 is 0 Å². The fourth-order valence-electron chi connectivity index (χ4n) is 1.64. The van der Waals surface area contributed by atoms with Crippen LogP contribution in [-0.2, 0) is 6.42 Å². The molecule has 0 radical (unpaired) electrons. The van der Waals surface area contributed by atoms with Gasteiger partial charge in [-0.1, -0.05) is 23.9 Å². The Morgan fingerprint density at radius 1 is 1.50 bits per heavy atom. The SMILES string of the molecule is Cc1csc(Sc2c(F)cccc2CC(C)N)n1. The molecule has 1 aromatic carbocycles. The van der Waals surface area contributed by atoms with Gasteiger partial charge in [0, 0.05) is 17.1 Å². The molecule has 0 saturated heterocycles. The van der Waals surface area contributed by atoms with Crippen molar-refractivity contribution in [2.45, 2.75) is 35.5 Å². The van der Waals surface area contributed by atoms with Gasteiger partial charge in [-0.2, -0.15) is 0 Å². The topological polar surface area (TPSA) is 38.9 Å². The normalized spacial score (nSPS) is 12.7. The van der Waals surface area contributed by atoms with Crippen LogP contribution >= 0.6 is 23.1 Å². The van der Waals surface area contributed by atoms with E-state index in [4.69, 9.17) is 5.73 Å². The Bertz CT molecular complexity index is 538. The van der Waals surface area contributed by atoms with Crippen LogP contribution in [-0.4, -0.2) is 11.0 Å². The van der Waals surface area contributed by atoms with Crippen molar-refractivity contribution in [1.82, 2.24) is 4.98 Å². The van der Waals surface area contributed by atoms with Crippen molar-refractivity contribution in [2.24, 2.45) is 5.73 Å². The van der Waals surface area contributed by atoms with E-state index in [0.29, 0.717) is 11.3 Å². The molecule has 5 heteroatoms. The summed E-state index contributed by atoms with van der Waals surface area (Å²) in [5, 5.41) is 1.97. The number of hydrogen-bond donors (Lipinski definition) is 1. The zero-order valence-electron chi connectivity index (χ0n) is 10.3. The molecule has 1 atom stereocenters. The Kier molecular flexibility index (Phi) is 4.37. The molecule has 18 heavy (non-hydrogen) atoms. The molecular weight excluding hydrogens is 267 g/mol. The monoisotopic (exact) mass is 282 g/mol. The summed E-state index contributed by atoms with van der Waals surface area (Å²) >= 11 is 2.92. The summed E-state index contributed by atoms with van der Waals surface area (Å²) in [6.07, 6.45) is 0.671. The van der Waals surface area contributed by atoms with Crippen LogP contribution in [0.25, 0.3) is 0 Å². The summed E-state index contributed by atoms with van der Waals surface area (Å²) in [5.74, 6) is -0.203. The number of aryl methyl sites for hydroxylation is 1. The Labute approximate surface area is 114 Å². The van der Waals surface area contributed by atoms with Gasteiger partial charge in [-0.25, -0.2) is 9.37 Å². The lowest BCUT2D eigenvalue weighted by molar-refractivity contribution is 0.592. The number of benzene rings is 1. The van der Waals surface area contributed by atoms with Crippen LogP contribution in [0.2, 0.25) is 0 Å². The zero-order chi connectivity index (χ0) is 13.1. The Morgan fingerprint density at radius 2 is 2.28 bits per heavy atom. The smallest absolute Gasteiger partial charge is 0.155 e. The van der Waals surface area contributed by atoms with Gasteiger partial charge in [0.2, 0.25) is 0 Å². The predicted molar refractivity (Wildman–Crippen MR) is 74.7 cm³/mol. The summed E-state index contributed by atoms with van der Waals surface area (Å²) in [7, 11) is 0. The molecule has 0 aliphatic carbocycles. The molecule has 0 amide bonds. The second kappa shape index (κ2) is 5.82. The number of halogens is 1. The summed E-state index contributed by atoms with van der Waals surface area (Å²) < 4.78 is 14.8. The summed E-state index contributed by atoms with van der Waals surface area (Å²) in [6.45, 7) is 3.86. The molecule has 0 aliphatic heterocycles. The molecule has 1 heterocycles. The van der Waals surface area contributed by atoms with Crippen LogP contribution < -0.4 is 5.73 Å². The van der Waals surface area contributed by atoms with Crippen molar-refractivity contribution in [3.63, 3.8) is 0 Å². The van der Waals surface area contributed by atoms with Crippen LogP contribution in [0, 0.1) is 12.7 Å². The molecule has 1 aromatic heterocycles. The van der Waals surface area contributed by atoms with E-state index in [1.165, 1.54) is 29.2 Å². The van der Waals surface area contributed by atoms with E-state index in [2.05, 4.69) is 4.98 Å². The molecule has 0 aliphatic rings. The van der Waals surface area contributed by atoms with E-state index in [1.54, 1.807) is 6.07 Å². The van der Waals surface area contributed by atoms with Crippen molar-refractivity contribution >= 4 is 23.1 Å². The maximum atomic E-state index is 13.9. The molecular formula is C13H15FN2S2. The number of nitrogens with zero attached hydrogens (tertiary/aromatic N) is 1. The number of aromatic nitrogens is 1. The molecule has 0 spiro atoms. The first kappa shape index (κ1) is 13.5. The highest BCUT2D eigenvalue weighted by atomic mass is 32.2. The first-order valence-corrected chi connectivity index (χ1v) is 7.39. The largest absolute Gasteiger partial charge is 0.328 e. The van der Waals surface area contributed by atoms with Crippen LogP contribution in [0.5, 0.6) is 0 Å². The second-order valence-corrected chi connectivity index (χ2v) is 6.38. The first-order valence-electron chi connectivity index (χ1n) is 5.69. The first-order chi connectivity index (χ1) is 8.56. The van der Waals surface area contributed by atoms with Gasteiger partial charge in [-0.05, 0) is 31.9 Å². The number of hydrogen-bond acceptors (Lipinski definition) is 4. The highest BCUT2D eigenvalue weighted by Crippen LogP contribution is 2.34. The predicted octanol–water partition coefficient (Wildman–Crippen LogP) is 3.63. The minimum atomic E-state index is -0.203. The molecule has 2 rings (SSSR count). The zero-order valence-corrected chi connectivity index (χ0v) is 11.9. The molecule has 0 bridgehead atoms. The third-order valence-corrected chi connectivity index (χ3v) is 4.60. The third-order valence-electron chi connectivity index (χ3n) is 2.38. The summed E-state index contributed by atoms with van der Waals surface area (Å²) in [4.78, 5) is 4.99. The average molecular weight is 282 g/mol. The minimum absolute atomic E-state index is 0.0178. The van der Waals surface area contributed by atoms with Crippen molar-refractivity contribution in [3.8, 4) is 0 Å². The highest BCUT2D eigenvalue weighted by Gasteiger charge is 2.13. The number of thiazole rings is 1. The van der Waals surface area contributed by atoms with Gasteiger partial charge in [0.1, 0.15) is 5.82 Å². The van der Waals surface area contributed by atoms with E-state index in [0.717, 1.165) is 15.6 Å². The van der Waals surface area contributed by atoms with Crippen molar-refractivity contribution < 1.29 is 4.39 Å². The molecule has 0 saturated carbocycles. The van der Waals surface area contributed by atoms with E-state index in [9.17, 15) is 4.39 Å². The minimum Gasteiger partial charge on any atom is -0.328 e. The van der Waals surface area contributed by atoms with E-state index in [-0.39, 0.29) is 11.9 Å². The van der Waals surface area contributed by atoms with Crippen molar-refractivity contribution in [1.29, 1.82) is 0 Å². The Morgan fingerprint density at radius 3 is 2.89 bits per heavy atom. The quantitative estimate of drug-likeness (QED) is 0.930. The maximum absolute atomic E-state index is 13.9. The third kappa shape index (κ3) is 3.31. The van der Waals surface area contributed by atoms with Crippen LogP contribution in [0.1, 0.15) is 18.2 Å². The molecule has 96 valence electrons. The Balaban J connectivity index is 2.30. The van der Waals surface area contributed by atoms with Crippen LogP contribution in [0.15, 0.2) is 32.8 Å². The second-order valence-electron chi connectivity index (χ2n) is 4.27. The lowest BCUT2D eigenvalue weighted by Crippen LogP contribution is -2.18. The lowest BCUT2D eigenvalue weighted by Gasteiger charge is -2.10. The number of rotatable bonds is 4. The van der Waals surface area contributed by atoms with E-state index >= 15 is 0 Å². The molecule has 2 N–H and O–H groups in total. The maximum Gasteiger partial charge on any atom is 0.155 e. The average Bonchev–Trinajstić information content (AvgIpc) is 2.68. The van der Waals surface area contributed by atoms with Crippen LogP contribution in [0.4, 0.5) is 4.39 Å². The highest BCUT2D eigenvalue weighted by molar-refractivity contribution is 8.01. The van der Waals surface area contributed by atoms with Gasteiger partial charge in [0.05, 0.1) is 4.90 Å². The molecule has 0 fully saturated rings. The molecule has 1 unspecified atom stereocenters. The van der Waals surface area contributed by atoms with E-state index in [1.807, 2.05) is 25.3 Å². The standard InChI is InChI=1S/C13H15FN2S2/c1-8(15)6-10-4-3-5-11(14)12(10)18-13-16-9(2)7-17-13/h3-5,7-8H,6,15H2,1-2H3. The van der Waals surface area contributed by atoms with Gasteiger partial charge >= 0.3 is 0 Å². The van der Waals surface area contributed by atoms with Crippen molar-refractivity contribution in [3.05, 3.63) is 40.7 Å². The molecule has 2 aromatic rings. The lowest BCUT2D eigenvalue weighted by atomic mass is 10.1. The fourth-order valence-corrected chi connectivity index (χ4v) is 3.56. The van der Waals surface area contributed by atoms with Gasteiger partial charge in [0.15, 0.2) is 4.34 Å². The van der Waals surface area contributed by atoms with Gasteiger partial charge in [-0.3, -0.25) is 0 Å². The summed E-state index contributed by atoms with van der Waals surface area (Å²) in [6, 6.07) is 5.15. The molecule has 2 nitrogen and oxygen atoms in total. The van der Waals surface area contributed by atoms with Gasteiger partial charge < -0.3 is 5.73 Å². The summed E-state index contributed by atoms with van der Waals surface area (Å²) in [5.41, 5.74) is 7.71. The van der Waals surface area contributed by atoms with Crippen molar-refractivity contribution in [2.75, 3.05) is 0 Å². The van der Waals surface area contributed by atoms with Crippen LogP contribution in [0.3, 0.4) is 0 Å². The Hall–Kier alpha value is -0.910. The fraction of sp³-hybridized carbons (Fsp3) is 0.308. The van der Waals surface area contributed by atoms with Gasteiger partial charge in [-0.15, -0.1) is 11.3 Å². The number of nitrogens with two attached hydrogens (primary N) is 1. The van der Waals surface area contributed by atoms with Gasteiger partial charge in [0.25, 0.3) is 0 Å².